The first-order valence-electron chi connectivity index (χ1n) is 4.67. The summed E-state index contributed by atoms with van der Waals surface area (Å²) in [5.41, 5.74) is 6.41. The quantitative estimate of drug-likeness (QED) is 0.769. The van der Waals surface area contributed by atoms with Crippen LogP contribution in [-0.4, -0.2) is 19.8 Å². The van der Waals surface area contributed by atoms with Crippen LogP contribution in [0.5, 0.6) is 11.5 Å². The third-order valence-corrected chi connectivity index (χ3v) is 2.03. The van der Waals surface area contributed by atoms with E-state index in [4.69, 9.17) is 15.2 Å². The van der Waals surface area contributed by atoms with E-state index in [9.17, 15) is 0 Å². The largest absolute Gasteiger partial charge is 0.486 e. The summed E-state index contributed by atoms with van der Waals surface area (Å²) in [6.45, 7) is 1.77. The molecule has 1 aromatic carbocycles. The summed E-state index contributed by atoms with van der Waals surface area (Å²) in [7, 11) is 0. The predicted octanol–water partition coefficient (Wildman–Crippen LogP) is 1.43. The number of ether oxygens (including phenoxy) is 2. The van der Waals surface area contributed by atoms with Crippen LogP contribution in [0.3, 0.4) is 0 Å². The summed E-state index contributed by atoms with van der Waals surface area (Å²) in [6.07, 6.45) is 3.85. The molecule has 2 N–H and O–H groups in total. The first-order chi connectivity index (χ1) is 6.92. The van der Waals surface area contributed by atoms with Gasteiger partial charge in [-0.3, -0.25) is 0 Å². The lowest BCUT2D eigenvalue weighted by Crippen LogP contribution is -2.15. The van der Waals surface area contributed by atoms with Crippen molar-refractivity contribution in [1.82, 2.24) is 0 Å². The summed E-state index contributed by atoms with van der Waals surface area (Å²) >= 11 is 0. The van der Waals surface area contributed by atoms with Crippen LogP contribution in [0.25, 0.3) is 6.08 Å². The Morgan fingerprint density at radius 1 is 1.29 bits per heavy atom. The Balaban J connectivity index is 2.35. The summed E-state index contributed by atoms with van der Waals surface area (Å²) in [6, 6.07) is 5.84. The van der Waals surface area contributed by atoms with E-state index in [1.807, 2.05) is 30.4 Å². The molecule has 0 aromatic heterocycles. The summed E-state index contributed by atoms with van der Waals surface area (Å²) in [5.74, 6) is 1.64. The molecule has 0 spiro atoms. The zero-order valence-electron chi connectivity index (χ0n) is 7.90. The van der Waals surface area contributed by atoms with Gasteiger partial charge in [-0.05, 0) is 6.07 Å². The summed E-state index contributed by atoms with van der Waals surface area (Å²) in [4.78, 5) is 0. The van der Waals surface area contributed by atoms with E-state index in [1.54, 1.807) is 0 Å². The van der Waals surface area contributed by atoms with Crippen molar-refractivity contribution < 1.29 is 9.47 Å². The Kier molecular flexibility index (Phi) is 2.70. The minimum Gasteiger partial charge on any atom is -0.486 e. The van der Waals surface area contributed by atoms with Gasteiger partial charge in [0.2, 0.25) is 0 Å². The molecule has 0 amide bonds. The van der Waals surface area contributed by atoms with Crippen LogP contribution in [0.2, 0.25) is 0 Å². The number of hydrogen-bond donors (Lipinski definition) is 1. The van der Waals surface area contributed by atoms with Crippen molar-refractivity contribution in [2.45, 2.75) is 0 Å². The molecular formula is C11H13NO2. The van der Waals surface area contributed by atoms with Gasteiger partial charge in [-0.15, -0.1) is 0 Å². The van der Waals surface area contributed by atoms with E-state index < -0.39 is 0 Å². The maximum atomic E-state index is 5.53. The molecule has 1 aliphatic heterocycles. The summed E-state index contributed by atoms with van der Waals surface area (Å²) in [5, 5.41) is 0. The predicted molar refractivity (Wildman–Crippen MR) is 55.5 cm³/mol. The number of rotatable bonds is 2. The maximum absolute atomic E-state index is 5.53. The zero-order chi connectivity index (χ0) is 9.80. The van der Waals surface area contributed by atoms with Crippen LogP contribution < -0.4 is 15.2 Å². The Labute approximate surface area is 83.1 Å². The third-order valence-electron chi connectivity index (χ3n) is 2.03. The van der Waals surface area contributed by atoms with Gasteiger partial charge in [-0.25, -0.2) is 0 Å². The highest BCUT2D eigenvalue weighted by molar-refractivity contribution is 5.62. The average molecular weight is 191 g/mol. The number of fused-ring (bicyclic) bond motifs is 1. The van der Waals surface area contributed by atoms with Crippen LogP contribution in [0, 0.1) is 0 Å². The number of hydrogen-bond acceptors (Lipinski definition) is 3. The highest BCUT2D eigenvalue weighted by atomic mass is 16.6. The van der Waals surface area contributed by atoms with Gasteiger partial charge in [-0.1, -0.05) is 24.3 Å². The van der Waals surface area contributed by atoms with E-state index in [2.05, 4.69) is 0 Å². The molecule has 0 bridgehead atoms. The fourth-order valence-electron chi connectivity index (χ4n) is 1.42. The highest BCUT2D eigenvalue weighted by Gasteiger charge is 2.13. The third kappa shape index (κ3) is 1.72. The highest BCUT2D eigenvalue weighted by Crippen LogP contribution is 2.34. The fraction of sp³-hybridized carbons (Fsp3) is 0.273. The second kappa shape index (κ2) is 4.15. The first kappa shape index (κ1) is 9.09. The van der Waals surface area contributed by atoms with Crippen LogP contribution in [-0.2, 0) is 0 Å². The van der Waals surface area contributed by atoms with Crippen LogP contribution >= 0.6 is 0 Å². The lowest BCUT2D eigenvalue weighted by atomic mass is 10.1. The van der Waals surface area contributed by atoms with Crippen molar-refractivity contribution >= 4 is 6.08 Å². The van der Waals surface area contributed by atoms with Gasteiger partial charge in [0, 0.05) is 12.1 Å². The minimum atomic E-state index is 0.532. The van der Waals surface area contributed by atoms with Crippen molar-refractivity contribution in [3.8, 4) is 11.5 Å². The van der Waals surface area contributed by atoms with Crippen molar-refractivity contribution in [2.75, 3.05) is 19.8 Å². The van der Waals surface area contributed by atoms with Crippen molar-refractivity contribution in [3.05, 3.63) is 29.8 Å². The van der Waals surface area contributed by atoms with Crippen molar-refractivity contribution in [2.24, 2.45) is 5.73 Å². The monoisotopic (exact) mass is 191 g/mol. The minimum absolute atomic E-state index is 0.532. The molecule has 0 atom stereocenters. The smallest absolute Gasteiger partial charge is 0.168 e. The van der Waals surface area contributed by atoms with E-state index in [0.717, 1.165) is 17.1 Å². The number of benzene rings is 1. The van der Waals surface area contributed by atoms with Gasteiger partial charge in [0.05, 0.1) is 0 Å². The topological polar surface area (TPSA) is 44.5 Å². The normalized spacial score (nSPS) is 14.6. The summed E-state index contributed by atoms with van der Waals surface area (Å²) < 4.78 is 11.0. The Bertz CT molecular complexity index is 347. The Morgan fingerprint density at radius 2 is 2.14 bits per heavy atom. The van der Waals surface area contributed by atoms with E-state index >= 15 is 0 Å². The molecular weight excluding hydrogens is 178 g/mol. The average Bonchev–Trinajstić information content (AvgIpc) is 2.26. The Morgan fingerprint density at radius 3 is 3.00 bits per heavy atom. The van der Waals surface area contributed by atoms with Gasteiger partial charge < -0.3 is 15.2 Å². The van der Waals surface area contributed by atoms with E-state index in [0.29, 0.717) is 19.8 Å². The second-order valence-electron chi connectivity index (χ2n) is 3.01. The molecule has 1 heterocycles. The molecule has 74 valence electrons. The van der Waals surface area contributed by atoms with Crippen molar-refractivity contribution in [1.29, 1.82) is 0 Å². The molecule has 2 rings (SSSR count). The second-order valence-corrected chi connectivity index (χ2v) is 3.01. The van der Waals surface area contributed by atoms with Gasteiger partial charge in [0.1, 0.15) is 13.2 Å². The van der Waals surface area contributed by atoms with Crippen LogP contribution in [0.1, 0.15) is 5.56 Å². The molecule has 1 aromatic rings. The van der Waals surface area contributed by atoms with E-state index in [1.165, 1.54) is 0 Å². The lowest BCUT2D eigenvalue weighted by molar-refractivity contribution is 0.171. The molecule has 3 heteroatoms. The fourth-order valence-corrected chi connectivity index (χ4v) is 1.42. The van der Waals surface area contributed by atoms with Gasteiger partial charge in [0.15, 0.2) is 11.5 Å². The van der Waals surface area contributed by atoms with Crippen LogP contribution in [0.4, 0.5) is 0 Å². The van der Waals surface area contributed by atoms with Crippen molar-refractivity contribution in [3.63, 3.8) is 0 Å². The number of para-hydroxylation sites is 1. The molecule has 0 aliphatic carbocycles. The molecule has 0 saturated carbocycles. The van der Waals surface area contributed by atoms with E-state index in [-0.39, 0.29) is 0 Å². The lowest BCUT2D eigenvalue weighted by Gasteiger charge is -2.19. The maximum Gasteiger partial charge on any atom is 0.168 e. The standard InChI is InChI=1S/C11H13NO2/c12-6-2-4-9-3-1-5-10-11(9)14-8-7-13-10/h1-5H,6-8,12H2/b4-2+. The zero-order valence-corrected chi connectivity index (χ0v) is 7.90. The SMILES string of the molecule is NC/C=C/c1cccc2c1OCCO2. The number of nitrogens with two attached hydrogens (primary N) is 1. The first-order valence-corrected chi connectivity index (χ1v) is 4.67. The molecule has 14 heavy (non-hydrogen) atoms. The molecule has 0 radical (unpaired) electrons. The molecule has 1 aliphatic rings. The molecule has 3 nitrogen and oxygen atoms in total. The molecule has 0 saturated heterocycles. The van der Waals surface area contributed by atoms with Gasteiger partial charge >= 0.3 is 0 Å². The van der Waals surface area contributed by atoms with Crippen LogP contribution in [0.15, 0.2) is 24.3 Å². The molecule has 0 unspecified atom stereocenters. The van der Waals surface area contributed by atoms with Gasteiger partial charge in [0.25, 0.3) is 0 Å². The molecule has 0 fully saturated rings. The Hall–Kier alpha value is -1.48. The van der Waals surface area contributed by atoms with Gasteiger partial charge in [-0.2, -0.15) is 0 Å².